The Hall–Kier alpha value is -1.22. The summed E-state index contributed by atoms with van der Waals surface area (Å²) in [6.45, 7) is 10.5. The van der Waals surface area contributed by atoms with E-state index in [0.29, 0.717) is 59.3 Å². The van der Waals surface area contributed by atoms with Crippen LogP contribution in [-0.2, 0) is 38.0 Å². The van der Waals surface area contributed by atoms with E-state index >= 15 is 0 Å². The Bertz CT molecular complexity index is 403. The maximum absolute atomic E-state index is 12.3. The molecule has 8 nitrogen and oxygen atoms in total. The predicted octanol–water partition coefficient (Wildman–Crippen LogP) is 3.16. The zero-order valence-electron chi connectivity index (χ0n) is 19.2. The van der Waals surface area contributed by atoms with Crippen molar-refractivity contribution in [2.24, 2.45) is 5.92 Å². The molecular formula is C22H42O8. The monoisotopic (exact) mass is 434 g/mol. The predicted molar refractivity (Wildman–Crippen MR) is 113 cm³/mol. The van der Waals surface area contributed by atoms with E-state index in [0.717, 1.165) is 25.7 Å². The standard InChI is InChI=1S/C22H42O8/c1-4-7-8-20(22(24)30-18-16-28-14-12-26-10-6-3)19-21(23)29-17-15-27-13-11-25-9-5-2/h20H,4-19H2,1-3H3. The van der Waals surface area contributed by atoms with Crippen molar-refractivity contribution in [3.05, 3.63) is 0 Å². The van der Waals surface area contributed by atoms with Gasteiger partial charge in [-0.2, -0.15) is 0 Å². The van der Waals surface area contributed by atoms with E-state index in [-0.39, 0.29) is 25.6 Å². The molecule has 1 atom stereocenters. The molecule has 0 aromatic carbocycles. The summed E-state index contributed by atoms with van der Waals surface area (Å²) in [5.74, 6) is -1.28. The van der Waals surface area contributed by atoms with Gasteiger partial charge >= 0.3 is 11.9 Å². The fourth-order valence-electron chi connectivity index (χ4n) is 2.48. The first-order valence-corrected chi connectivity index (χ1v) is 11.3. The molecular weight excluding hydrogens is 392 g/mol. The van der Waals surface area contributed by atoms with Gasteiger partial charge in [-0.05, 0) is 19.3 Å². The fraction of sp³-hybridized carbons (Fsp3) is 0.909. The number of esters is 2. The molecule has 0 aromatic heterocycles. The van der Waals surface area contributed by atoms with E-state index in [2.05, 4.69) is 0 Å². The maximum Gasteiger partial charge on any atom is 0.309 e. The highest BCUT2D eigenvalue weighted by molar-refractivity contribution is 5.79. The zero-order valence-corrected chi connectivity index (χ0v) is 19.2. The van der Waals surface area contributed by atoms with E-state index in [1.54, 1.807) is 0 Å². The van der Waals surface area contributed by atoms with Crippen LogP contribution in [0.15, 0.2) is 0 Å². The molecule has 1 unspecified atom stereocenters. The first-order valence-electron chi connectivity index (χ1n) is 11.3. The Morgan fingerprint density at radius 1 is 0.600 bits per heavy atom. The molecule has 0 saturated carbocycles. The molecule has 0 radical (unpaired) electrons. The fourth-order valence-corrected chi connectivity index (χ4v) is 2.48. The summed E-state index contributed by atoms with van der Waals surface area (Å²) in [5, 5.41) is 0. The lowest BCUT2D eigenvalue weighted by Crippen LogP contribution is -2.24. The Balaban J connectivity index is 3.94. The van der Waals surface area contributed by atoms with Crippen LogP contribution >= 0.6 is 0 Å². The molecule has 0 aliphatic carbocycles. The number of unbranched alkanes of at least 4 members (excludes halogenated alkanes) is 1. The van der Waals surface area contributed by atoms with Crippen LogP contribution < -0.4 is 0 Å². The van der Waals surface area contributed by atoms with Gasteiger partial charge in [-0.3, -0.25) is 9.59 Å². The lowest BCUT2D eigenvalue weighted by atomic mass is 9.99. The second-order valence-corrected chi connectivity index (χ2v) is 6.88. The first kappa shape index (κ1) is 28.8. The van der Waals surface area contributed by atoms with E-state index in [1.165, 1.54) is 0 Å². The summed E-state index contributed by atoms with van der Waals surface area (Å²) >= 11 is 0. The van der Waals surface area contributed by atoms with Crippen molar-refractivity contribution < 1.29 is 38.0 Å². The highest BCUT2D eigenvalue weighted by Crippen LogP contribution is 2.16. The van der Waals surface area contributed by atoms with Gasteiger partial charge in [0.05, 0.1) is 52.0 Å². The summed E-state index contributed by atoms with van der Waals surface area (Å²) in [5.41, 5.74) is 0. The molecule has 0 N–H and O–H groups in total. The number of rotatable bonds is 22. The number of carbonyl (C=O) groups is 2. The van der Waals surface area contributed by atoms with E-state index < -0.39 is 11.9 Å². The Labute approximate surface area is 181 Å². The van der Waals surface area contributed by atoms with Gasteiger partial charge in [0, 0.05) is 13.2 Å². The van der Waals surface area contributed by atoms with Gasteiger partial charge in [0.2, 0.25) is 0 Å². The number of hydrogen-bond donors (Lipinski definition) is 0. The van der Waals surface area contributed by atoms with Gasteiger partial charge in [0.1, 0.15) is 13.2 Å². The number of ether oxygens (including phenoxy) is 6. The van der Waals surface area contributed by atoms with Gasteiger partial charge in [-0.25, -0.2) is 0 Å². The van der Waals surface area contributed by atoms with Crippen LogP contribution in [0.4, 0.5) is 0 Å². The average molecular weight is 435 g/mol. The molecule has 0 rings (SSSR count). The molecule has 0 fully saturated rings. The second kappa shape index (κ2) is 22.5. The van der Waals surface area contributed by atoms with Crippen LogP contribution in [-0.4, -0.2) is 78.0 Å². The van der Waals surface area contributed by atoms with Crippen molar-refractivity contribution in [3.8, 4) is 0 Å². The molecule has 30 heavy (non-hydrogen) atoms. The molecule has 0 spiro atoms. The van der Waals surface area contributed by atoms with Gasteiger partial charge in [-0.1, -0.05) is 33.6 Å². The lowest BCUT2D eigenvalue weighted by molar-refractivity contribution is -0.157. The largest absolute Gasteiger partial charge is 0.463 e. The summed E-state index contributed by atoms with van der Waals surface area (Å²) in [7, 11) is 0. The lowest BCUT2D eigenvalue weighted by Gasteiger charge is -2.15. The highest BCUT2D eigenvalue weighted by Gasteiger charge is 2.23. The molecule has 0 aromatic rings. The van der Waals surface area contributed by atoms with Gasteiger partial charge in [0.25, 0.3) is 0 Å². The summed E-state index contributed by atoms with van der Waals surface area (Å²) in [6.07, 6.45) is 4.35. The highest BCUT2D eigenvalue weighted by atomic mass is 16.6. The summed E-state index contributed by atoms with van der Waals surface area (Å²) < 4.78 is 31.7. The van der Waals surface area contributed by atoms with E-state index in [1.807, 2.05) is 20.8 Å². The van der Waals surface area contributed by atoms with Crippen molar-refractivity contribution in [3.63, 3.8) is 0 Å². The van der Waals surface area contributed by atoms with Gasteiger partial charge in [-0.15, -0.1) is 0 Å². The van der Waals surface area contributed by atoms with Crippen molar-refractivity contribution in [1.82, 2.24) is 0 Å². The van der Waals surface area contributed by atoms with Crippen LogP contribution in [0.1, 0.15) is 59.3 Å². The van der Waals surface area contributed by atoms with E-state index in [9.17, 15) is 9.59 Å². The van der Waals surface area contributed by atoms with Gasteiger partial charge in [0.15, 0.2) is 0 Å². The van der Waals surface area contributed by atoms with Crippen LogP contribution in [0.3, 0.4) is 0 Å². The molecule has 0 aliphatic rings. The number of carbonyl (C=O) groups excluding carboxylic acids is 2. The van der Waals surface area contributed by atoms with Crippen molar-refractivity contribution in [2.45, 2.75) is 59.3 Å². The molecule has 0 aliphatic heterocycles. The third-order valence-electron chi connectivity index (χ3n) is 4.06. The summed E-state index contributed by atoms with van der Waals surface area (Å²) in [6, 6.07) is 0. The smallest absolute Gasteiger partial charge is 0.309 e. The Kier molecular flexibility index (Phi) is 21.6. The van der Waals surface area contributed by atoms with Crippen molar-refractivity contribution >= 4 is 11.9 Å². The summed E-state index contributed by atoms with van der Waals surface area (Å²) in [4.78, 5) is 24.4. The third kappa shape index (κ3) is 18.8. The minimum atomic E-state index is -0.492. The first-order chi connectivity index (χ1) is 14.7. The van der Waals surface area contributed by atoms with Crippen LogP contribution in [0.25, 0.3) is 0 Å². The third-order valence-corrected chi connectivity index (χ3v) is 4.06. The quantitative estimate of drug-likeness (QED) is 0.190. The number of hydrogen-bond acceptors (Lipinski definition) is 8. The molecule has 0 saturated heterocycles. The van der Waals surface area contributed by atoms with Crippen LogP contribution in [0.5, 0.6) is 0 Å². The minimum absolute atomic E-state index is 0.0180. The maximum atomic E-state index is 12.3. The molecule has 8 heteroatoms. The normalized spacial score (nSPS) is 12.0. The topological polar surface area (TPSA) is 89.5 Å². The molecule has 178 valence electrons. The van der Waals surface area contributed by atoms with Crippen molar-refractivity contribution in [1.29, 1.82) is 0 Å². The van der Waals surface area contributed by atoms with Crippen molar-refractivity contribution in [2.75, 3.05) is 66.1 Å². The molecule has 0 bridgehead atoms. The van der Waals surface area contributed by atoms with Crippen LogP contribution in [0, 0.1) is 5.92 Å². The SMILES string of the molecule is CCCCC(CC(=O)OCCOCCOCCC)C(=O)OCCOCCOCCC. The van der Waals surface area contributed by atoms with Crippen LogP contribution in [0.2, 0.25) is 0 Å². The van der Waals surface area contributed by atoms with Gasteiger partial charge < -0.3 is 28.4 Å². The Morgan fingerprint density at radius 3 is 1.57 bits per heavy atom. The molecule has 0 amide bonds. The average Bonchev–Trinajstić information content (AvgIpc) is 2.74. The molecule has 0 heterocycles. The van der Waals surface area contributed by atoms with E-state index in [4.69, 9.17) is 28.4 Å². The minimum Gasteiger partial charge on any atom is -0.463 e. The zero-order chi connectivity index (χ0) is 22.3. The second-order valence-electron chi connectivity index (χ2n) is 6.88. The Morgan fingerprint density at radius 2 is 1.07 bits per heavy atom.